The van der Waals surface area contributed by atoms with Crippen molar-refractivity contribution < 1.29 is 4.74 Å². The Kier molecular flexibility index (Phi) is 2.20. The van der Waals surface area contributed by atoms with Crippen LogP contribution in [0.2, 0.25) is 0 Å². The van der Waals surface area contributed by atoms with E-state index in [1.807, 2.05) is 0 Å². The molecule has 1 aliphatic carbocycles. The Morgan fingerprint density at radius 1 is 1.36 bits per heavy atom. The molecule has 1 saturated carbocycles. The van der Waals surface area contributed by atoms with Crippen molar-refractivity contribution in [3.63, 3.8) is 0 Å². The van der Waals surface area contributed by atoms with Crippen LogP contribution in [-0.2, 0) is 4.74 Å². The molecule has 2 atom stereocenters. The van der Waals surface area contributed by atoms with Gasteiger partial charge in [-0.1, -0.05) is 0 Å². The summed E-state index contributed by atoms with van der Waals surface area (Å²) < 4.78 is 5.86. The zero-order valence-corrected chi connectivity index (χ0v) is 8.54. The van der Waals surface area contributed by atoms with Gasteiger partial charge in [-0.05, 0) is 38.1 Å². The number of rotatable bonds is 3. The van der Waals surface area contributed by atoms with E-state index in [1.165, 1.54) is 32.2 Å². The lowest BCUT2D eigenvalue weighted by atomic mass is 10.1. The van der Waals surface area contributed by atoms with Gasteiger partial charge in [-0.2, -0.15) is 0 Å². The summed E-state index contributed by atoms with van der Waals surface area (Å²) in [7, 11) is 0. The summed E-state index contributed by atoms with van der Waals surface area (Å²) in [4.78, 5) is 4.50. The topological polar surface area (TPSA) is 33.6 Å². The monoisotopic (exact) mass is 194 g/mol. The molecule has 2 unspecified atom stereocenters. The molecule has 2 fully saturated rings. The molecule has 0 amide bonds. The summed E-state index contributed by atoms with van der Waals surface area (Å²) in [5, 5.41) is 3.48. The van der Waals surface area contributed by atoms with Crippen molar-refractivity contribution in [2.75, 3.05) is 13.1 Å². The summed E-state index contributed by atoms with van der Waals surface area (Å²) in [6.07, 6.45) is 6.76. The molecule has 0 aromatic carbocycles. The highest BCUT2D eigenvalue weighted by molar-refractivity contribution is 5.78. The first-order valence-electron chi connectivity index (χ1n) is 5.85. The molecule has 3 heteroatoms. The van der Waals surface area contributed by atoms with E-state index in [0.717, 1.165) is 24.8 Å². The Labute approximate surface area is 84.9 Å². The molecule has 78 valence electrons. The van der Waals surface area contributed by atoms with Crippen LogP contribution in [0, 0.1) is 5.92 Å². The van der Waals surface area contributed by atoms with Gasteiger partial charge in [0.2, 0.25) is 0 Å². The molecule has 0 aromatic heterocycles. The van der Waals surface area contributed by atoms with E-state index in [4.69, 9.17) is 4.74 Å². The van der Waals surface area contributed by atoms with Crippen LogP contribution in [0.3, 0.4) is 0 Å². The molecular formula is C11H18N2O. The SMILES string of the molecule is C1CNC(CC2=NCC(C3CC3)O2)C1. The van der Waals surface area contributed by atoms with Crippen LogP contribution in [0.4, 0.5) is 0 Å². The lowest BCUT2D eigenvalue weighted by molar-refractivity contribution is 0.193. The first kappa shape index (κ1) is 8.72. The number of nitrogens with one attached hydrogen (secondary N) is 1. The van der Waals surface area contributed by atoms with Gasteiger partial charge in [-0.3, -0.25) is 4.99 Å². The number of ether oxygens (including phenoxy) is 1. The maximum absolute atomic E-state index is 5.86. The van der Waals surface area contributed by atoms with Gasteiger partial charge in [0.05, 0.1) is 6.54 Å². The second-order valence-electron chi connectivity index (χ2n) is 4.73. The van der Waals surface area contributed by atoms with Crippen molar-refractivity contribution in [3.8, 4) is 0 Å². The molecular weight excluding hydrogens is 176 g/mol. The number of hydrogen-bond donors (Lipinski definition) is 1. The minimum Gasteiger partial charge on any atom is -0.475 e. The van der Waals surface area contributed by atoms with Gasteiger partial charge >= 0.3 is 0 Å². The van der Waals surface area contributed by atoms with Gasteiger partial charge in [0.1, 0.15) is 6.10 Å². The lowest BCUT2D eigenvalue weighted by Crippen LogP contribution is -2.25. The summed E-state index contributed by atoms with van der Waals surface area (Å²) in [6, 6.07) is 0.631. The Hall–Kier alpha value is -0.570. The molecule has 0 bridgehead atoms. The predicted molar refractivity (Wildman–Crippen MR) is 55.5 cm³/mol. The highest BCUT2D eigenvalue weighted by Crippen LogP contribution is 2.36. The molecule has 3 nitrogen and oxygen atoms in total. The van der Waals surface area contributed by atoms with Gasteiger partial charge in [-0.15, -0.1) is 0 Å². The minimum atomic E-state index is 0.436. The number of aliphatic imine (C=N–C) groups is 1. The van der Waals surface area contributed by atoms with E-state index in [0.29, 0.717) is 12.1 Å². The van der Waals surface area contributed by atoms with Crippen LogP contribution in [0.15, 0.2) is 4.99 Å². The molecule has 0 spiro atoms. The van der Waals surface area contributed by atoms with Crippen molar-refractivity contribution in [2.45, 2.75) is 44.2 Å². The van der Waals surface area contributed by atoms with E-state index in [-0.39, 0.29) is 0 Å². The van der Waals surface area contributed by atoms with E-state index < -0.39 is 0 Å². The van der Waals surface area contributed by atoms with Crippen LogP contribution in [0.5, 0.6) is 0 Å². The summed E-state index contributed by atoms with van der Waals surface area (Å²) in [6.45, 7) is 2.09. The molecule has 0 radical (unpaired) electrons. The molecule has 3 aliphatic rings. The Bertz CT molecular complexity index is 242. The third-order valence-electron chi connectivity index (χ3n) is 3.47. The quantitative estimate of drug-likeness (QED) is 0.735. The van der Waals surface area contributed by atoms with Gasteiger partial charge in [0.15, 0.2) is 5.90 Å². The highest BCUT2D eigenvalue weighted by Gasteiger charge is 2.36. The molecule has 0 aromatic rings. The van der Waals surface area contributed by atoms with Crippen LogP contribution in [-0.4, -0.2) is 31.1 Å². The predicted octanol–water partition coefficient (Wildman–Crippen LogP) is 1.34. The maximum Gasteiger partial charge on any atom is 0.185 e. The van der Waals surface area contributed by atoms with Gasteiger partial charge in [0.25, 0.3) is 0 Å². The third-order valence-corrected chi connectivity index (χ3v) is 3.47. The summed E-state index contributed by atoms with van der Waals surface area (Å²) in [5.41, 5.74) is 0. The Morgan fingerprint density at radius 3 is 3.00 bits per heavy atom. The molecule has 3 rings (SSSR count). The summed E-state index contributed by atoms with van der Waals surface area (Å²) >= 11 is 0. The van der Waals surface area contributed by atoms with E-state index in [1.54, 1.807) is 0 Å². The molecule has 2 aliphatic heterocycles. The van der Waals surface area contributed by atoms with E-state index in [9.17, 15) is 0 Å². The average molecular weight is 194 g/mol. The maximum atomic E-state index is 5.86. The van der Waals surface area contributed by atoms with E-state index >= 15 is 0 Å². The zero-order valence-electron chi connectivity index (χ0n) is 8.54. The highest BCUT2D eigenvalue weighted by atomic mass is 16.5. The molecule has 1 N–H and O–H groups in total. The largest absolute Gasteiger partial charge is 0.475 e. The minimum absolute atomic E-state index is 0.436. The van der Waals surface area contributed by atoms with Crippen LogP contribution >= 0.6 is 0 Å². The third kappa shape index (κ3) is 1.78. The van der Waals surface area contributed by atoms with Crippen molar-refractivity contribution in [1.82, 2.24) is 5.32 Å². The van der Waals surface area contributed by atoms with Gasteiger partial charge in [0, 0.05) is 12.5 Å². The normalized spacial score (nSPS) is 37.0. The Balaban J connectivity index is 1.49. The average Bonchev–Trinajstić information content (AvgIpc) is 2.75. The smallest absolute Gasteiger partial charge is 0.185 e. The number of hydrogen-bond acceptors (Lipinski definition) is 3. The molecule has 1 saturated heterocycles. The van der Waals surface area contributed by atoms with Crippen molar-refractivity contribution in [3.05, 3.63) is 0 Å². The first-order valence-corrected chi connectivity index (χ1v) is 5.85. The Morgan fingerprint density at radius 2 is 2.29 bits per heavy atom. The number of nitrogens with zero attached hydrogens (tertiary/aromatic N) is 1. The summed E-state index contributed by atoms with van der Waals surface area (Å²) in [5.74, 6) is 1.84. The van der Waals surface area contributed by atoms with Gasteiger partial charge in [-0.25, -0.2) is 0 Å². The first-order chi connectivity index (χ1) is 6.92. The standard InChI is InChI=1S/C11H18N2O/c1-2-9(12-5-1)6-11-13-7-10(14-11)8-3-4-8/h8-10,12H,1-7H2. The fraction of sp³-hybridized carbons (Fsp3) is 0.909. The van der Waals surface area contributed by atoms with Crippen molar-refractivity contribution in [1.29, 1.82) is 0 Å². The second kappa shape index (κ2) is 3.54. The molecule has 14 heavy (non-hydrogen) atoms. The van der Waals surface area contributed by atoms with Crippen molar-refractivity contribution in [2.24, 2.45) is 10.9 Å². The van der Waals surface area contributed by atoms with E-state index in [2.05, 4.69) is 10.3 Å². The van der Waals surface area contributed by atoms with Crippen molar-refractivity contribution >= 4 is 5.90 Å². The van der Waals surface area contributed by atoms with Crippen LogP contribution in [0.25, 0.3) is 0 Å². The molecule has 2 heterocycles. The zero-order chi connectivity index (χ0) is 9.38. The van der Waals surface area contributed by atoms with Crippen LogP contribution in [0.1, 0.15) is 32.1 Å². The fourth-order valence-corrected chi connectivity index (χ4v) is 2.41. The fourth-order valence-electron chi connectivity index (χ4n) is 2.41. The second-order valence-corrected chi connectivity index (χ2v) is 4.73. The lowest BCUT2D eigenvalue weighted by Gasteiger charge is -2.12. The van der Waals surface area contributed by atoms with Gasteiger partial charge < -0.3 is 10.1 Å². The van der Waals surface area contributed by atoms with Crippen LogP contribution < -0.4 is 5.32 Å².